The monoisotopic (exact) mass is 311 g/mol. The molecular formula is C15H25N3O2S. The lowest BCUT2D eigenvalue weighted by Gasteiger charge is -2.35. The average Bonchev–Trinajstić information content (AvgIpc) is 2.46. The van der Waals surface area contributed by atoms with Crippen LogP contribution in [-0.4, -0.2) is 39.4 Å². The van der Waals surface area contributed by atoms with Crippen molar-refractivity contribution in [3.8, 4) is 0 Å². The Balaban J connectivity index is 2.25. The minimum Gasteiger partial charge on any atom is -0.330 e. The third-order valence-electron chi connectivity index (χ3n) is 4.18. The van der Waals surface area contributed by atoms with E-state index in [9.17, 15) is 8.42 Å². The Morgan fingerprint density at radius 2 is 2.10 bits per heavy atom. The highest BCUT2D eigenvalue weighted by molar-refractivity contribution is 7.90. The molecule has 1 atom stereocenters. The number of aryl methyl sites for hydroxylation is 2. The van der Waals surface area contributed by atoms with E-state index >= 15 is 0 Å². The van der Waals surface area contributed by atoms with Gasteiger partial charge in [-0.1, -0.05) is 17.7 Å². The molecule has 1 aromatic carbocycles. The molecule has 1 aliphatic heterocycles. The molecule has 0 aromatic heterocycles. The molecule has 6 heteroatoms. The summed E-state index contributed by atoms with van der Waals surface area (Å²) in [6.45, 7) is 5.58. The predicted molar refractivity (Wildman–Crippen MR) is 86.6 cm³/mol. The zero-order valence-corrected chi connectivity index (χ0v) is 13.9. The molecular weight excluding hydrogens is 286 g/mol. The van der Waals surface area contributed by atoms with Crippen molar-refractivity contribution in [1.82, 2.24) is 4.31 Å². The van der Waals surface area contributed by atoms with Crippen LogP contribution in [0.2, 0.25) is 0 Å². The predicted octanol–water partition coefficient (Wildman–Crippen LogP) is 1.66. The lowest BCUT2D eigenvalue weighted by molar-refractivity contribution is 0.271. The average molecular weight is 311 g/mol. The van der Waals surface area contributed by atoms with Crippen molar-refractivity contribution in [2.24, 2.45) is 11.7 Å². The number of nitrogens with two attached hydrogens (primary N) is 1. The van der Waals surface area contributed by atoms with Gasteiger partial charge >= 0.3 is 10.2 Å². The van der Waals surface area contributed by atoms with Gasteiger partial charge in [-0.15, -0.1) is 0 Å². The molecule has 1 unspecified atom stereocenters. The molecule has 0 spiro atoms. The number of piperidine rings is 1. The molecule has 0 bridgehead atoms. The van der Waals surface area contributed by atoms with Crippen molar-refractivity contribution in [2.75, 3.05) is 31.0 Å². The fourth-order valence-corrected chi connectivity index (χ4v) is 4.44. The molecule has 0 aliphatic carbocycles. The number of nitrogens with zero attached hydrogens (tertiary/aromatic N) is 2. The first kappa shape index (κ1) is 16.3. The molecule has 118 valence electrons. The molecule has 0 saturated carbocycles. The smallest absolute Gasteiger partial charge is 0.303 e. The Kier molecular flexibility index (Phi) is 4.91. The highest BCUT2D eigenvalue weighted by Crippen LogP contribution is 2.26. The lowest BCUT2D eigenvalue weighted by Crippen LogP contribution is -2.48. The van der Waals surface area contributed by atoms with Crippen LogP contribution in [0.4, 0.5) is 5.69 Å². The molecule has 2 rings (SSSR count). The van der Waals surface area contributed by atoms with Gasteiger partial charge in [0, 0.05) is 20.1 Å². The lowest BCUT2D eigenvalue weighted by atomic mass is 10.0. The Hall–Kier alpha value is -1.11. The molecule has 0 radical (unpaired) electrons. The Bertz CT molecular complexity index is 601. The van der Waals surface area contributed by atoms with Crippen LogP contribution in [-0.2, 0) is 10.2 Å². The van der Waals surface area contributed by atoms with Crippen molar-refractivity contribution >= 4 is 15.9 Å². The van der Waals surface area contributed by atoms with E-state index in [-0.39, 0.29) is 5.92 Å². The normalized spacial score (nSPS) is 20.5. The molecule has 2 N–H and O–H groups in total. The largest absolute Gasteiger partial charge is 0.330 e. The quantitative estimate of drug-likeness (QED) is 0.919. The number of benzene rings is 1. The van der Waals surface area contributed by atoms with Crippen LogP contribution >= 0.6 is 0 Å². The number of hydrogen-bond donors (Lipinski definition) is 1. The first-order chi connectivity index (χ1) is 9.86. The van der Waals surface area contributed by atoms with E-state index in [1.54, 1.807) is 11.4 Å². The van der Waals surface area contributed by atoms with Crippen LogP contribution in [0.3, 0.4) is 0 Å². The molecule has 5 nitrogen and oxygen atoms in total. The van der Waals surface area contributed by atoms with Crippen LogP contribution in [0, 0.1) is 19.8 Å². The van der Waals surface area contributed by atoms with Gasteiger partial charge in [0.25, 0.3) is 0 Å². The number of rotatable bonds is 4. The Labute approximate surface area is 127 Å². The van der Waals surface area contributed by atoms with E-state index in [4.69, 9.17) is 5.73 Å². The van der Waals surface area contributed by atoms with Crippen molar-refractivity contribution in [1.29, 1.82) is 0 Å². The third-order valence-corrected chi connectivity index (χ3v) is 6.05. The summed E-state index contributed by atoms with van der Waals surface area (Å²) in [5, 5.41) is 0. The van der Waals surface area contributed by atoms with Crippen LogP contribution in [0.15, 0.2) is 18.2 Å². The maximum atomic E-state index is 12.8. The van der Waals surface area contributed by atoms with Gasteiger partial charge in [-0.25, -0.2) is 0 Å². The van der Waals surface area contributed by atoms with E-state index in [0.717, 1.165) is 29.7 Å². The number of hydrogen-bond acceptors (Lipinski definition) is 3. The molecule has 21 heavy (non-hydrogen) atoms. The van der Waals surface area contributed by atoms with Gasteiger partial charge in [0.05, 0.1) is 5.69 Å². The SMILES string of the molecule is Cc1ccc(N(C)S(=O)(=O)N2CCCC(CN)C2)c(C)c1. The Morgan fingerprint density at radius 3 is 2.71 bits per heavy atom. The fraction of sp³-hybridized carbons (Fsp3) is 0.600. The summed E-state index contributed by atoms with van der Waals surface area (Å²) in [5.74, 6) is 0.265. The van der Waals surface area contributed by atoms with E-state index < -0.39 is 10.2 Å². The maximum Gasteiger partial charge on any atom is 0.303 e. The molecule has 1 fully saturated rings. The molecule has 1 heterocycles. The zero-order chi connectivity index (χ0) is 15.6. The fourth-order valence-electron chi connectivity index (χ4n) is 2.89. The molecule has 1 aromatic rings. The summed E-state index contributed by atoms with van der Waals surface area (Å²) in [6.07, 6.45) is 1.89. The van der Waals surface area contributed by atoms with Gasteiger partial charge in [0.1, 0.15) is 0 Å². The summed E-state index contributed by atoms with van der Waals surface area (Å²) in [4.78, 5) is 0. The van der Waals surface area contributed by atoms with Crippen LogP contribution < -0.4 is 10.0 Å². The van der Waals surface area contributed by atoms with E-state index in [1.807, 2.05) is 32.0 Å². The standard InChI is InChI=1S/C15H25N3O2S/c1-12-6-7-15(13(2)9-12)17(3)21(19,20)18-8-4-5-14(10-16)11-18/h6-7,9,14H,4-5,8,10-11,16H2,1-3H3. The summed E-state index contributed by atoms with van der Waals surface area (Å²) in [5.41, 5.74) is 8.53. The van der Waals surface area contributed by atoms with E-state index in [0.29, 0.717) is 19.6 Å². The first-order valence-corrected chi connectivity index (χ1v) is 8.77. The highest BCUT2D eigenvalue weighted by Gasteiger charge is 2.32. The minimum atomic E-state index is -3.48. The van der Waals surface area contributed by atoms with Crippen LogP contribution in [0.5, 0.6) is 0 Å². The minimum absolute atomic E-state index is 0.265. The van der Waals surface area contributed by atoms with Gasteiger partial charge in [0.2, 0.25) is 0 Å². The van der Waals surface area contributed by atoms with Crippen LogP contribution in [0.25, 0.3) is 0 Å². The number of anilines is 1. The third kappa shape index (κ3) is 3.39. The summed E-state index contributed by atoms with van der Waals surface area (Å²) < 4.78 is 28.5. The maximum absolute atomic E-state index is 12.8. The topological polar surface area (TPSA) is 66.6 Å². The summed E-state index contributed by atoms with van der Waals surface area (Å²) in [6, 6.07) is 5.81. The second-order valence-electron chi connectivity index (χ2n) is 5.87. The van der Waals surface area contributed by atoms with Crippen molar-refractivity contribution < 1.29 is 8.42 Å². The van der Waals surface area contributed by atoms with Gasteiger partial charge in [-0.3, -0.25) is 4.31 Å². The van der Waals surface area contributed by atoms with E-state index in [1.165, 1.54) is 4.31 Å². The zero-order valence-electron chi connectivity index (χ0n) is 13.0. The molecule has 1 aliphatic rings. The van der Waals surface area contributed by atoms with Crippen molar-refractivity contribution in [2.45, 2.75) is 26.7 Å². The van der Waals surface area contributed by atoms with Gasteiger partial charge < -0.3 is 5.73 Å². The molecule has 0 amide bonds. The van der Waals surface area contributed by atoms with E-state index in [2.05, 4.69) is 0 Å². The van der Waals surface area contributed by atoms with Crippen molar-refractivity contribution in [3.05, 3.63) is 29.3 Å². The Morgan fingerprint density at radius 1 is 1.38 bits per heavy atom. The van der Waals surface area contributed by atoms with Gasteiger partial charge in [-0.05, 0) is 50.8 Å². The first-order valence-electron chi connectivity index (χ1n) is 7.37. The van der Waals surface area contributed by atoms with Gasteiger partial charge in [0.15, 0.2) is 0 Å². The second kappa shape index (κ2) is 6.34. The summed E-state index contributed by atoms with van der Waals surface area (Å²) in [7, 11) is -1.86. The van der Waals surface area contributed by atoms with Crippen molar-refractivity contribution in [3.63, 3.8) is 0 Å². The molecule has 1 saturated heterocycles. The summed E-state index contributed by atoms with van der Waals surface area (Å²) >= 11 is 0. The highest BCUT2D eigenvalue weighted by atomic mass is 32.2. The van der Waals surface area contributed by atoms with Crippen LogP contribution in [0.1, 0.15) is 24.0 Å². The second-order valence-corrected chi connectivity index (χ2v) is 7.83. The van der Waals surface area contributed by atoms with Gasteiger partial charge in [-0.2, -0.15) is 12.7 Å².